The van der Waals surface area contributed by atoms with Crippen LogP contribution in [0.15, 0.2) is 70.8 Å². The molecule has 1 aliphatic rings. The fourth-order valence-electron chi connectivity index (χ4n) is 4.40. The molecular formula is C26H25ClN4O2S. The van der Waals surface area contributed by atoms with E-state index < -0.39 is 0 Å². The lowest BCUT2D eigenvalue weighted by atomic mass is 9.96. The first-order valence-electron chi connectivity index (χ1n) is 11.4. The molecule has 0 bridgehead atoms. The highest BCUT2D eigenvalue weighted by atomic mass is 35.5. The molecule has 3 heterocycles. The molecule has 6 nitrogen and oxygen atoms in total. The summed E-state index contributed by atoms with van der Waals surface area (Å²) in [7, 11) is 0. The van der Waals surface area contributed by atoms with E-state index in [1.165, 1.54) is 11.3 Å². The van der Waals surface area contributed by atoms with E-state index in [0.29, 0.717) is 54.7 Å². The van der Waals surface area contributed by atoms with Gasteiger partial charge in [0, 0.05) is 30.6 Å². The number of hydrogen-bond donors (Lipinski definition) is 1. The zero-order chi connectivity index (χ0) is 23.5. The molecule has 0 spiro atoms. The summed E-state index contributed by atoms with van der Waals surface area (Å²) in [5.74, 6) is 0.676. The highest BCUT2D eigenvalue weighted by molar-refractivity contribution is 7.17. The minimum Gasteiger partial charge on any atom is -0.352 e. The average molecular weight is 493 g/mol. The Bertz CT molecular complexity index is 1360. The maximum atomic E-state index is 13.3. The molecular weight excluding hydrogens is 468 g/mol. The molecule has 1 saturated heterocycles. The van der Waals surface area contributed by atoms with E-state index in [0.717, 1.165) is 16.6 Å². The van der Waals surface area contributed by atoms with E-state index in [-0.39, 0.29) is 17.4 Å². The van der Waals surface area contributed by atoms with Crippen LogP contribution in [0, 0.1) is 5.92 Å². The van der Waals surface area contributed by atoms with E-state index in [1.807, 2.05) is 66.0 Å². The summed E-state index contributed by atoms with van der Waals surface area (Å²) >= 11 is 7.47. The van der Waals surface area contributed by atoms with Gasteiger partial charge in [-0.05, 0) is 47.5 Å². The molecule has 0 unspecified atom stereocenters. The highest BCUT2D eigenvalue weighted by Crippen LogP contribution is 2.25. The largest absolute Gasteiger partial charge is 0.352 e. The summed E-state index contributed by atoms with van der Waals surface area (Å²) in [6, 6.07) is 19.4. The predicted molar refractivity (Wildman–Crippen MR) is 138 cm³/mol. The lowest BCUT2D eigenvalue weighted by Crippen LogP contribution is -2.42. The monoisotopic (exact) mass is 492 g/mol. The van der Waals surface area contributed by atoms with Gasteiger partial charge < -0.3 is 10.2 Å². The number of halogens is 1. The molecule has 4 aromatic rings. The molecule has 8 heteroatoms. The summed E-state index contributed by atoms with van der Waals surface area (Å²) in [4.78, 5) is 33.1. The number of nitrogens with one attached hydrogen (secondary N) is 1. The first kappa shape index (κ1) is 22.6. The molecule has 0 radical (unpaired) electrons. The van der Waals surface area contributed by atoms with Crippen molar-refractivity contribution in [2.45, 2.75) is 25.9 Å². The number of benzene rings is 2. The molecule has 1 fully saturated rings. The Labute approximate surface area is 206 Å². The molecule has 1 aliphatic heterocycles. The van der Waals surface area contributed by atoms with Crippen LogP contribution in [-0.2, 0) is 17.9 Å². The smallest absolute Gasteiger partial charge is 0.273 e. The number of thiophene rings is 1. The standard InChI is InChI=1S/C26H25ClN4O2S/c27-21-8-4-7-19(15-21)16-28-24(32)20-9-12-30(13-10-20)26-29-22-11-14-34-23(22)25(33)31(26)17-18-5-2-1-3-6-18/h1-8,11,14-15,20H,9-10,12-13,16-17H2,(H,28,32). The van der Waals surface area contributed by atoms with Crippen molar-refractivity contribution in [2.24, 2.45) is 5.92 Å². The van der Waals surface area contributed by atoms with E-state index in [1.54, 1.807) is 4.57 Å². The van der Waals surface area contributed by atoms with Crippen LogP contribution in [0.1, 0.15) is 24.0 Å². The van der Waals surface area contributed by atoms with Crippen LogP contribution in [0.4, 0.5) is 5.95 Å². The summed E-state index contributed by atoms with van der Waals surface area (Å²) < 4.78 is 2.45. The van der Waals surface area contributed by atoms with Gasteiger partial charge in [0.2, 0.25) is 11.9 Å². The van der Waals surface area contributed by atoms with Crippen LogP contribution in [-0.4, -0.2) is 28.5 Å². The second-order valence-corrected chi connectivity index (χ2v) is 9.89. The third kappa shape index (κ3) is 4.86. The van der Waals surface area contributed by atoms with Crippen LogP contribution in [0.2, 0.25) is 5.02 Å². The normalized spacial score (nSPS) is 14.4. The van der Waals surface area contributed by atoms with Crippen molar-refractivity contribution >= 4 is 45.0 Å². The highest BCUT2D eigenvalue weighted by Gasteiger charge is 2.27. The van der Waals surface area contributed by atoms with E-state index in [2.05, 4.69) is 10.2 Å². The first-order valence-corrected chi connectivity index (χ1v) is 12.6. The lowest BCUT2D eigenvalue weighted by molar-refractivity contribution is -0.125. The Morgan fingerprint density at radius 2 is 1.82 bits per heavy atom. The molecule has 174 valence electrons. The van der Waals surface area contributed by atoms with Crippen molar-refractivity contribution in [1.82, 2.24) is 14.9 Å². The fraction of sp³-hybridized carbons (Fsp3) is 0.269. The van der Waals surface area contributed by atoms with Crippen LogP contribution in [0.25, 0.3) is 10.2 Å². The van der Waals surface area contributed by atoms with Crippen molar-refractivity contribution in [3.05, 3.63) is 92.5 Å². The molecule has 1 amide bonds. The predicted octanol–water partition coefficient (Wildman–Crippen LogP) is 4.69. The molecule has 0 atom stereocenters. The van der Waals surface area contributed by atoms with Crippen LogP contribution < -0.4 is 15.8 Å². The van der Waals surface area contributed by atoms with Crippen LogP contribution >= 0.6 is 22.9 Å². The summed E-state index contributed by atoms with van der Waals surface area (Å²) in [6.45, 7) is 2.28. The zero-order valence-corrected chi connectivity index (χ0v) is 20.2. The van der Waals surface area contributed by atoms with E-state index in [4.69, 9.17) is 16.6 Å². The van der Waals surface area contributed by atoms with Crippen molar-refractivity contribution in [3.63, 3.8) is 0 Å². The SMILES string of the molecule is O=C(NCc1cccc(Cl)c1)C1CCN(c2nc3ccsc3c(=O)n2Cc2ccccc2)CC1. The number of carbonyl (C=O) groups is 1. The number of nitrogens with zero attached hydrogens (tertiary/aromatic N) is 3. The van der Waals surface area contributed by atoms with Gasteiger partial charge in [0.1, 0.15) is 4.70 Å². The molecule has 0 saturated carbocycles. The summed E-state index contributed by atoms with van der Waals surface area (Å²) in [5, 5.41) is 5.61. The van der Waals surface area contributed by atoms with Gasteiger partial charge in [0.15, 0.2) is 0 Å². The third-order valence-electron chi connectivity index (χ3n) is 6.23. The second-order valence-electron chi connectivity index (χ2n) is 8.53. The molecule has 34 heavy (non-hydrogen) atoms. The number of aromatic nitrogens is 2. The van der Waals surface area contributed by atoms with Gasteiger partial charge in [-0.2, -0.15) is 0 Å². The number of hydrogen-bond acceptors (Lipinski definition) is 5. The van der Waals surface area contributed by atoms with Crippen LogP contribution in [0.5, 0.6) is 0 Å². The maximum absolute atomic E-state index is 13.3. The summed E-state index contributed by atoms with van der Waals surface area (Å²) in [5.41, 5.74) is 2.76. The molecule has 0 aliphatic carbocycles. The van der Waals surface area contributed by atoms with Crippen molar-refractivity contribution < 1.29 is 4.79 Å². The van der Waals surface area contributed by atoms with Gasteiger partial charge in [-0.25, -0.2) is 4.98 Å². The number of fused-ring (bicyclic) bond motifs is 1. The van der Waals surface area contributed by atoms with Crippen LogP contribution in [0.3, 0.4) is 0 Å². The van der Waals surface area contributed by atoms with Crippen molar-refractivity contribution in [2.75, 3.05) is 18.0 Å². The van der Waals surface area contributed by atoms with Crippen molar-refractivity contribution in [3.8, 4) is 0 Å². The van der Waals surface area contributed by atoms with Gasteiger partial charge >= 0.3 is 0 Å². The minimum absolute atomic E-state index is 0.0137. The third-order valence-corrected chi connectivity index (χ3v) is 7.36. The molecule has 5 rings (SSSR count). The van der Waals surface area contributed by atoms with Gasteiger partial charge in [0.05, 0.1) is 12.1 Å². The topological polar surface area (TPSA) is 67.2 Å². The lowest BCUT2D eigenvalue weighted by Gasteiger charge is -2.33. The Kier molecular flexibility index (Phi) is 6.65. The Morgan fingerprint density at radius 3 is 2.59 bits per heavy atom. The Morgan fingerprint density at radius 1 is 1.06 bits per heavy atom. The molecule has 2 aromatic heterocycles. The fourth-order valence-corrected chi connectivity index (χ4v) is 5.40. The quantitative estimate of drug-likeness (QED) is 0.424. The Balaban J connectivity index is 1.31. The van der Waals surface area contributed by atoms with Gasteiger partial charge in [-0.15, -0.1) is 11.3 Å². The zero-order valence-electron chi connectivity index (χ0n) is 18.6. The van der Waals surface area contributed by atoms with E-state index in [9.17, 15) is 9.59 Å². The van der Waals surface area contributed by atoms with Crippen molar-refractivity contribution in [1.29, 1.82) is 0 Å². The molecule has 2 aromatic carbocycles. The first-order chi connectivity index (χ1) is 16.6. The van der Waals surface area contributed by atoms with E-state index >= 15 is 0 Å². The maximum Gasteiger partial charge on any atom is 0.273 e. The number of carbonyl (C=O) groups excluding carboxylic acids is 1. The number of piperidine rings is 1. The summed E-state index contributed by atoms with van der Waals surface area (Å²) in [6.07, 6.45) is 1.43. The van der Waals surface area contributed by atoms with Gasteiger partial charge in [0.25, 0.3) is 5.56 Å². The molecule has 1 N–H and O–H groups in total. The van der Waals surface area contributed by atoms with Gasteiger partial charge in [-0.3, -0.25) is 14.2 Å². The Hall–Kier alpha value is -3.16. The second kappa shape index (κ2) is 9.99. The number of amides is 1. The van der Waals surface area contributed by atoms with Gasteiger partial charge in [-0.1, -0.05) is 54.1 Å². The minimum atomic E-state index is -0.0605. The number of anilines is 1. The number of rotatable bonds is 6. The average Bonchev–Trinajstić information content (AvgIpc) is 3.34.